The summed E-state index contributed by atoms with van der Waals surface area (Å²) < 4.78 is 0. The van der Waals surface area contributed by atoms with Crippen molar-refractivity contribution in [3.8, 4) is 0 Å². The Bertz CT molecular complexity index is 460. The van der Waals surface area contributed by atoms with Gasteiger partial charge in [-0.15, -0.1) is 0 Å². The molecule has 1 atom stereocenters. The molecule has 1 rings (SSSR count). The van der Waals surface area contributed by atoms with Crippen molar-refractivity contribution in [3.05, 3.63) is 35.4 Å². The monoisotopic (exact) mass is 278 g/mol. The molecule has 5 heteroatoms. The van der Waals surface area contributed by atoms with Crippen LogP contribution in [-0.4, -0.2) is 23.5 Å². The van der Waals surface area contributed by atoms with Gasteiger partial charge in [-0.1, -0.05) is 19.1 Å². The predicted molar refractivity (Wildman–Crippen MR) is 77.3 cm³/mol. The normalized spacial score (nSPS) is 11.9. The summed E-state index contributed by atoms with van der Waals surface area (Å²) in [5, 5.41) is 11.7. The number of carbonyl (C=O) groups excluding carboxylic acids is 1. The van der Waals surface area contributed by atoms with Gasteiger partial charge in [-0.25, -0.2) is 4.79 Å². The molecule has 0 aliphatic rings. The second-order valence-electron chi connectivity index (χ2n) is 5.00. The van der Waals surface area contributed by atoms with Crippen molar-refractivity contribution in [2.24, 2.45) is 11.7 Å². The fourth-order valence-corrected chi connectivity index (χ4v) is 1.91. The molecule has 1 aromatic carbocycles. The molecule has 20 heavy (non-hydrogen) atoms. The van der Waals surface area contributed by atoms with Crippen LogP contribution in [0.4, 0.5) is 0 Å². The highest BCUT2D eigenvalue weighted by atomic mass is 16.4. The van der Waals surface area contributed by atoms with Gasteiger partial charge in [0, 0.05) is 13.0 Å². The molecule has 4 N–H and O–H groups in total. The second kappa shape index (κ2) is 8.32. The first-order valence-corrected chi connectivity index (χ1v) is 6.82. The van der Waals surface area contributed by atoms with E-state index in [1.165, 1.54) is 6.07 Å². The summed E-state index contributed by atoms with van der Waals surface area (Å²) >= 11 is 0. The van der Waals surface area contributed by atoms with E-state index in [0.29, 0.717) is 25.4 Å². The van der Waals surface area contributed by atoms with Gasteiger partial charge in [0.05, 0.1) is 5.56 Å². The maximum absolute atomic E-state index is 11.7. The molecule has 0 bridgehead atoms. The molecule has 0 heterocycles. The first-order chi connectivity index (χ1) is 9.52. The van der Waals surface area contributed by atoms with Gasteiger partial charge >= 0.3 is 5.97 Å². The van der Waals surface area contributed by atoms with E-state index in [-0.39, 0.29) is 11.5 Å². The first kappa shape index (κ1) is 16.2. The van der Waals surface area contributed by atoms with Crippen molar-refractivity contribution >= 4 is 11.9 Å². The molecule has 0 saturated carbocycles. The van der Waals surface area contributed by atoms with Crippen LogP contribution in [0.5, 0.6) is 0 Å². The average Bonchev–Trinajstić information content (AvgIpc) is 2.43. The Balaban J connectivity index is 2.37. The maximum atomic E-state index is 11.7. The van der Waals surface area contributed by atoms with Crippen LogP contribution in [0.2, 0.25) is 0 Å². The third-order valence-electron chi connectivity index (χ3n) is 3.19. The lowest BCUT2D eigenvalue weighted by Gasteiger charge is -2.10. The highest BCUT2D eigenvalue weighted by Crippen LogP contribution is 2.09. The third-order valence-corrected chi connectivity index (χ3v) is 3.19. The van der Waals surface area contributed by atoms with Gasteiger partial charge in [0.25, 0.3) is 0 Å². The quantitative estimate of drug-likeness (QED) is 0.675. The number of nitrogens with one attached hydrogen (secondary N) is 1. The van der Waals surface area contributed by atoms with Gasteiger partial charge in [0.1, 0.15) is 0 Å². The van der Waals surface area contributed by atoms with Crippen molar-refractivity contribution in [1.82, 2.24) is 5.32 Å². The van der Waals surface area contributed by atoms with E-state index < -0.39 is 5.97 Å². The van der Waals surface area contributed by atoms with E-state index in [9.17, 15) is 9.59 Å². The van der Waals surface area contributed by atoms with Crippen molar-refractivity contribution in [1.29, 1.82) is 0 Å². The topological polar surface area (TPSA) is 92.4 Å². The smallest absolute Gasteiger partial charge is 0.335 e. The number of aromatic carboxylic acids is 1. The summed E-state index contributed by atoms with van der Waals surface area (Å²) in [6.07, 6.45) is 2.21. The minimum atomic E-state index is -0.964. The maximum Gasteiger partial charge on any atom is 0.335 e. The van der Waals surface area contributed by atoms with Gasteiger partial charge in [-0.2, -0.15) is 0 Å². The number of benzene rings is 1. The van der Waals surface area contributed by atoms with Crippen LogP contribution in [0.15, 0.2) is 24.3 Å². The zero-order valence-electron chi connectivity index (χ0n) is 11.8. The average molecular weight is 278 g/mol. The zero-order chi connectivity index (χ0) is 15.0. The summed E-state index contributed by atoms with van der Waals surface area (Å²) in [5.41, 5.74) is 6.48. The number of nitrogens with two attached hydrogens (primary N) is 1. The van der Waals surface area contributed by atoms with E-state index in [0.717, 1.165) is 18.4 Å². The van der Waals surface area contributed by atoms with E-state index in [1.807, 2.05) is 0 Å². The van der Waals surface area contributed by atoms with Crippen molar-refractivity contribution in [2.75, 3.05) is 6.54 Å². The Hall–Kier alpha value is -1.88. The lowest BCUT2D eigenvalue weighted by Crippen LogP contribution is -2.23. The summed E-state index contributed by atoms with van der Waals surface area (Å²) in [6, 6.07) is 6.57. The largest absolute Gasteiger partial charge is 0.478 e. The Morgan fingerprint density at radius 1 is 1.35 bits per heavy atom. The molecule has 0 aliphatic heterocycles. The highest BCUT2D eigenvalue weighted by molar-refractivity contribution is 5.87. The Morgan fingerprint density at radius 2 is 2.10 bits per heavy atom. The number of amides is 1. The number of hydrogen-bond acceptors (Lipinski definition) is 3. The molecule has 0 saturated heterocycles. The summed E-state index contributed by atoms with van der Waals surface area (Å²) in [5.74, 6) is -0.538. The second-order valence-corrected chi connectivity index (χ2v) is 5.00. The molecule has 0 fully saturated rings. The van der Waals surface area contributed by atoms with Gasteiger partial charge < -0.3 is 16.2 Å². The first-order valence-electron chi connectivity index (χ1n) is 6.82. The summed E-state index contributed by atoms with van der Waals surface area (Å²) in [6.45, 7) is 3.08. The number of hydrogen-bond donors (Lipinski definition) is 3. The van der Waals surface area contributed by atoms with E-state index in [2.05, 4.69) is 12.2 Å². The lowest BCUT2D eigenvalue weighted by molar-refractivity contribution is -0.121. The number of carboxylic acid groups (broad SMARTS) is 1. The van der Waals surface area contributed by atoms with Crippen LogP contribution in [0.3, 0.4) is 0 Å². The third kappa shape index (κ3) is 5.84. The van der Waals surface area contributed by atoms with Crippen LogP contribution in [-0.2, 0) is 11.3 Å². The van der Waals surface area contributed by atoms with Crippen molar-refractivity contribution in [2.45, 2.75) is 32.7 Å². The SMILES string of the molecule is CC(CCN)CCC(=O)NCc1cccc(C(=O)O)c1. The molecule has 0 aliphatic carbocycles. The minimum absolute atomic E-state index is 0.0189. The molecular weight excluding hydrogens is 256 g/mol. The molecular formula is C15H22N2O3. The molecule has 1 aromatic rings. The van der Waals surface area contributed by atoms with Crippen molar-refractivity contribution in [3.63, 3.8) is 0 Å². The highest BCUT2D eigenvalue weighted by Gasteiger charge is 2.07. The van der Waals surface area contributed by atoms with Crippen LogP contribution in [0, 0.1) is 5.92 Å². The summed E-state index contributed by atoms with van der Waals surface area (Å²) in [7, 11) is 0. The van der Waals surface area contributed by atoms with Gasteiger partial charge in [-0.3, -0.25) is 4.79 Å². The fourth-order valence-electron chi connectivity index (χ4n) is 1.91. The molecule has 0 radical (unpaired) electrons. The Labute approximate surface area is 119 Å². The summed E-state index contributed by atoms with van der Waals surface area (Å²) in [4.78, 5) is 22.5. The Morgan fingerprint density at radius 3 is 2.75 bits per heavy atom. The molecule has 1 amide bonds. The number of rotatable bonds is 8. The number of carboxylic acids is 1. The standard InChI is InChI=1S/C15H22N2O3/c1-11(7-8-16)5-6-14(18)17-10-12-3-2-4-13(9-12)15(19)20/h2-4,9,11H,5-8,10,16H2,1H3,(H,17,18)(H,19,20). The Kier molecular flexibility index (Phi) is 6.73. The molecule has 0 aromatic heterocycles. The fraction of sp³-hybridized carbons (Fsp3) is 0.467. The lowest BCUT2D eigenvalue weighted by atomic mass is 10.0. The van der Waals surface area contributed by atoms with Crippen LogP contribution in [0.1, 0.15) is 42.1 Å². The van der Waals surface area contributed by atoms with E-state index >= 15 is 0 Å². The van der Waals surface area contributed by atoms with Crippen LogP contribution >= 0.6 is 0 Å². The van der Waals surface area contributed by atoms with Crippen molar-refractivity contribution < 1.29 is 14.7 Å². The van der Waals surface area contributed by atoms with E-state index in [4.69, 9.17) is 10.8 Å². The molecule has 5 nitrogen and oxygen atoms in total. The van der Waals surface area contributed by atoms with Gasteiger partial charge in [-0.05, 0) is 43.0 Å². The predicted octanol–water partition coefficient (Wildman–Crippen LogP) is 1.77. The van der Waals surface area contributed by atoms with Gasteiger partial charge in [0.2, 0.25) is 5.91 Å². The molecule has 110 valence electrons. The minimum Gasteiger partial charge on any atom is -0.478 e. The van der Waals surface area contributed by atoms with Crippen LogP contribution < -0.4 is 11.1 Å². The van der Waals surface area contributed by atoms with E-state index in [1.54, 1.807) is 18.2 Å². The van der Waals surface area contributed by atoms with Crippen LogP contribution in [0.25, 0.3) is 0 Å². The molecule has 1 unspecified atom stereocenters. The van der Waals surface area contributed by atoms with Gasteiger partial charge in [0.15, 0.2) is 0 Å². The zero-order valence-corrected chi connectivity index (χ0v) is 11.8. The molecule has 0 spiro atoms. The number of carbonyl (C=O) groups is 2.